The third kappa shape index (κ3) is 2.29. The highest BCUT2D eigenvalue weighted by atomic mass is 35.5. The normalized spacial score (nSPS) is 18.9. The van der Waals surface area contributed by atoms with Gasteiger partial charge in [-0.25, -0.2) is 0 Å². The van der Waals surface area contributed by atoms with Gasteiger partial charge in [0, 0.05) is 36.5 Å². The summed E-state index contributed by atoms with van der Waals surface area (Å²) in [6.45, 7) is 4.26. The van der Waals surface area contributed by atoms with Crippen LogP contribution >= 0.6 is 11.6 Å². The Kier molecular flexibility index (Phi) is 3.22. The van der Waals surface area contributed by atoms with Crippen LogP contribution in [0.15, 0.2) is 22.7 Å². The van der Waals surface area contributed by atoms with Crippen molar-refractivity contribution in [3.05, 3.63) is 40.5 Å². The van der Waals surface area contributed by atoms with Gasteiger partial charge in [0.05, 0.1) is 0 Å². The molecule has 104 valence electrons. The number of carbonyl (C=O) groups is 1. The summed E-state index contributed by atoms with van der Waals surface area (Å²) in [5, 5.41) is 4.53. The average molecular weight is 292 g/mol. The molecule has 1 unspecified atom stereocenters. The summed E-state index contributed by atoms with van der Waals surface area (Å²) in [5.74, 6) is 1.14. The predicted molar refractivity (Wildman–Crippen MR) is 74.9 cm³/mol. The molecule has 1 amide bonds. The van der Waals surface area contributed by atoms with Crippen molar-refractivity contribution in [3.8, 4) is 0 Å². The van der Waals surface area contributed by atoms with Crippen LogP contribution in [0.1, 0.15) is 29.6 Å². The van der Waals surface area contributed by atoms with Gasteiger partial charge in [0.15, 0.2) is 5.82 Å². The van der Waals surface area contributed by atoms with Crippen LogP contribution in [0, 0.1) is 13.8 Å². The van der Waals surface area contributed by atoms with Gasteiger partial charge in [-0.3, -0.25) is 4.79 Å². The maximum absolute atomic E-state index is 12.2. The fourth-order valence-electron chi connectivity index (χ4n) is 2.47. The first kappa shape index (κ1) is 13.1. The highest BCUT2D eigenvalue weighted by Crippen LogP contribution is 2.33. The molecule has 3 rings (SSSR count). The average Bonchev–Trinajstić information content (AvgIpc) is 2.99. The van der Waals surface area contributed by atoms with E-state index in [1.807, 2.05) is 25.1 Å². The molecule has 1 atom stereocenters. The van der Waals surface area contributed by atoms with Gasteiger partial charge >= 0.3 is 0 Å². The fourth-order valence-corrected chi connectivity index (χ4v) is 2.63. The predicted octanol–water partition coefficient (Wildman–Crippen LogP) is 2.86. The highest BCUT2D eigenvalue weighted by Gasteiger charge is 2.34. The second-order valence-electron chi connectivity index (χ2n) is 5.01. The van der Waals surface area contributed by atoms with Gasteiger partial charge < -0.3 is 9.42 Å². The summed E-state index contributed by atoms with van der Waals surface area (Å²) >= 11 is 6.02. The van der Waals surface area contributed by atoms with Crippen molar-refractivity contribution in [2.75, 3.05) is 11.4 Å². The minimum absolute atomic E-state index is 0.0293. The number of halogens is 1. The number of amides is 1. The van der Waals surface area contributed by atoms with E-state index >= 15 is 0 Å². The lowest BCUT2D eigenvalue weighted by Crippen LogP contribution is -2.25. The third-order valence-corrected chi connectivity index (χ3v) is 3.73. The molecule has 0 spiro atoms. The zero-order chi connectivity index (χ0) is 14.3. The zero-order valence-electron chi connectivity index (χ0n) is 11.3. The van der Waals surface area contributed by atoms with E-state index in [1.165, 1.54) is 0 Å². The van der Waals surface area contributed by atoms with Crippen molar-refractivity contribution in [2.24, 2.45) is 0 Å². The summed E-state index contributed by atoms with van der Waals surface area (Å²) < 4.78 is 4.98. The first-order valence-electron chi connectivity index (χ1n) is 6.41. The van der Waals surface area contributed by atoms with E-state index in [-0.39, 0.29) is 11.8 Å². The quantitative estimate of drug-likeness (QED) is 0.853. The van der Waals surface area contributed by atoms with Crippen molar-refractivity contribution in [3.63, 3.8) is 0 Å². The molecule has 0 bridgehead atoms. The Morgan fingerprint density at radius 3 is 2.90 bits per heavy atom. The van der Waals surface area contributed by atoms with Gasteiger partial charge in [0.2, 0.25) is 11.8 Å². The van der Waals surface area contributed by atoms with Crippen LogP contribution in [0.4, 0.5) is 5.69 Å². The maximum atomic E-state index is 12.2. The number of hydrogen-bond acceptors (Lipinski definition) is 4. The Morgan fingerprint density at radius 2 is 2.20 bits per heavy atom. The van der Waals surface area contributed by atoms with Gasteiger partial charge in [-0.15, -0.1) is 0 Å². The van der Waals surface area contributed by atoms with Crippen molar-refractivity contribution in [1.29, 1.82) is 0 Å². The number of hydrogen-bond donors (Lipinski definition) is 0. The topological polar surface area (TPSA) is 59.2 Å². The molecular weight excluding hydrogens is 278 g/mol. The molecule has 6 heteroatoms. The number of aryl methyl sites for hydroxylation is 2. The van der Waals surface area contributed by atoms with Crippen molar-refractivity contribution >= 4 is 23.2 Å². The Labute approximate surface area is 121 Å². The van der Waals surface area contributed by atoms with E-state index in [1.54, 1.807) is 11.8 Å². The zero-order valence-corrected chi connectivity index (χ0v) is 12.0. The number of anilines is 1. The monoisotopic (exact) mass is 291 g/mol. The Morgan fingerprint density at radius 1 is 1.40 bits per heavy atom. The molecular formula is C14H14ClN3O2. The van der Waals surface area contributed by atoms with Crippen molar-refractivity contribution in [1.82, 2.24) is 10.1 Å². The summed E-state index contributed by atoms with van der Waals surface area (Å²) in [7, 11) is 0. The van der Waals surface area contributed by atoms with Crippen LogP contribution in [0.3, 0.4) is 0 Å². The van der Waals surface area contributed by atoms with E-state index < -0.39 is 0 Å². The third-order valence-electron chi connectivity index (χ3n) is 3.50. The van der Waals surface area contributed by atoms with E-state index in [9.17, 15) is 4.79 Å². The standard InChI is InChI=1S/C14H14ClN3O2/c1-8-3-4-11(15)6-12(8)18-7-10(5-13(18)19)14-16-9(2)20-17-14/h3-4,6,10H,5,7H2,1-2H3. The van der Waals surface area contributed by atoms with Crippen LogP contribution in [-0.4, -0.2) is 22.6 Å². The number of benzene rings is 1. The minimum Gasteiger partial charge on any atom is -0.340 e. The molecule has 1 saturated heterocycles. The molecule has 1 aromatic heterocycles. The number of nitrogens with zero attached hydrogens (tertiary/aromatic N) is 3. The van der Waals surface area contributed by atoms with Crippen molar-refractivity contribution < 1.29 is 9.32 Å². The minimum atomic E-state index is -0.0293. The second-order valence-corrected chi connectivity index (χ2v) is 5.44. The van der Waals surface area contributed by atoms with Crippen LogP contribution < -0.4 is 4.90 Å². The van der Waals surface area contributed by atoms with Crippen LogP contribution in [0.5, 0.6) is 0 Å². The number of aromatic nitrogens is 2. The van der Waals surface area contributed by atoms with Crippen LogP contribution in [-0.2, 0) is 4.79 Å². The lowest BCUT2D eigenvalue weighted by atomic mass is 10.1. The van der Waals surface area contributed by atoms with E-state index in [2.05, 4.69) is 10.1 Å². The summed E-state index contributed by atoms with van der Waals surface area (Å²) in [5.41, 5.74) is 1.87. The highest BCUT2D eigenvalue weighted by molar-refractivity contribution is 6.31. The maximum Gasteiger partial charge on any atom is 0.227 e. The number of carbonyl (C=O) groups excluding carboxylic acids is 1. The fraction of sp³-hybridized carbons (Fsp3) is 0.357. The molecule has 1 fully saturated rings. The van der Waals surface area contributed by atoms with Crippen LogP contribution in [0.25, 0.3) is 0 Å². The molecule has 1 aromatic carbocycles. The van der Waals surface area contributed by atoms with E-state index in [4.69, 9.17) is 16.1 Å². The van der Waals surface area contributed by atoms with Gasteiger partial charge in [0.1, 0.15) is 0 Å². The molecule has 0 radical (unpaired) electrons. The van der Waals surface area contributed by atoms with Crippen molar-refractivity contribution in [2.45, 2.75) is 26.2 Å². The number of rotatable bonds is 2. The molecule has 20 heavy (non-hydrogen) atoms. The lowest BCUT2D eigenvalue weighted by Gasteiger charge is -2.19. The first-order chi connectivity index (χ1) is 9.54. The summed E-state index contributed by atoms with van der Waals surface area (Å²) in [6, 6.07) is 5.55. The molecule has 0 N–H and O–H groups in total. The first-order valence-corrected chi connectivity index (χ1v) is 6.79. The van der Waals surface area contributed by atoms with Crippen LogP contribution in [0.2, 0.25) is 5.02 Å². The van der Waals surface area contributed by atoms with Gasteiger partial charge in [-0.05, 0) is 24.6 Å². The SMILES string of the molecule is Cc1nc(C2CC(=O)N(c3cc(Cl)ccc3C)C2)no1. The Bertz CT molecular complexity index is 668. The Hall–Kier alpha value is -1.88. The molecule has 1 aliphatic heterocycles. The molecule has 0 saturated carbocycles. The summed E-state index contributed by atoms with van der Waals surface area (Å²) in [4.78, 5) is 18.2. The molecule has 2 aromatic rings. The largest absolute Gasteiger partial charge is 0.340 e. The smallest absolute Gasteiger partial charge is 0.227 e. The van der Waals surface area contributed by atoms with Gasteiger partial charge in [0.25, 0.3) is 0 Å². The van der Waals surface area contributed by atoms with E-state index in [0.717, 1.165) is 11.3 Å². The summed E-state index contributed by atoms with van der Waals surface area (Å²) in [6.07, 6.45) is 0.394. The molecule has 5 nitrogen and oxygen atoms in total. The van der Waals surface area contributed by atoms with Gasteiger partial charge in [-0.2, -0.15) is 4.98 Å². The molecule has 2 heterocycles. The molecule has 1 aliphatic rings. The van der Waals surface area contributed by atoms with Gasteiger partial charge in [-0.1, -0.05) is 22.8 Å². The second kappa shape index (κ2) is 4.90. The lowest BCUT2D eigenvalue weighted by molar-refractivity contribution is -0.117. The molecule has 0 aliphatic carbocycles. The Balaban J connectivity index is 1.89. The van der Waals surface area contributed by atoms with E-state index in [0.29, 0.717) is 29.7 Å².